The Hall–Kier alpha value is -0.465. The minimum absolute atomic E-state index is 0. The monoisotopic (exact) mass is 182 g/mol. The Morgan fingerprint density at radius 2 is 1.77 bits per heavy atom. The zero-order valence-corrected chi connectivity index (χ0v) is 9.34. The van der Waals surface area contributed by atoms with Gasteiger partial charge in [-0.25, -0.2) is 0 Å². The van der Waals surface area contributed by atoms with E-state index in [-0.39, 0.29) is 8.41 Å². The number of hydrogen-bond acceptors (Lipinski definition) is 1. The van der Waals surface area contributed by atoms with Gasteiger partial charge in [0.2, 0.25) is 5.91 Å². The molecule has 0 aromatic carbocycles. The molecule has 0 saturated carbocycles. The van der Waals surface area contributed by atoms with Crippen molar-refractivity contribution in [1.29, 1.82) is 0 Å². The third-order valence-corrected chi connectivity index (χ3v) is 1.98. The first-order chi connectivity index (χ1) is 5.72. The Balaban J connectivity index is 0. The molecule has 0 aromatic heterocycles. The highest BCUT2D eigenvalue weighted by Crippen LogP contribution is 2.12. The molecule has 1 fully saturated rings. The highest BCUT2D eigenvalue weighted by atomic mass is 16.2. The topological polar surface area (TPSA) is 20.3 Å². The van der Waals surface area contributed by atoms with Crippen molar-refractivity contribution in [2.24, 2.45) is 0 Å². The molecule has 0 aromatic rings. The summed E-state index contributed by atoms with van der Waals surface area (Å²) in [5, 5.41) is 0. The summed E-state index contributed by atoms with van der Waals surface area (Å²) in [7, 11) is 0. The number of likely N-dealkylation sites (tertiary alicyclic amines) is 1. The van der Waals surface area contributed by atoms with E-state index in [1.807, 2.05) is 18.7 Å². The lowest BCUT2D eigenvalue weighted by Gasteiger charge is -2.30. The predicted octanol–water partition coefficient (Wildman–Crippen LogP) is 2.05. The molecular weight excluding hydrogens is 161 g/mol. The fourth-order valence-electron chi connectivity index (χ4n) is 1.37. The smallest absolute Gasteiger partial charge is 0.222 e. The third kappa shape index (κ3) is 4.96. The van der Waals surface area contributed by atoms with Gasteiger partial charge in [-0.05, 0) is 26.7 Å². The molecule has 0 N–H and O–H groups in total. The van der Waals surface area contributed by atoms with E-state index in [0.717, 1.165) is 19.4 Å². The molecular formula is C10H21BNO. The minimum atomic E-state index is 0. The minimum Gasteiger partial charge on any atom is -0.340 e. The molecule has 0 unspecified atom stereocenters. The standard InChI is InChI=1S/C8H15NO.C2H6.B/c1-7(2)9-6-4-3-5-8(9)10;1-2;/h7H,3-6H2,1-2H3;1-2H3;. The van der Waals surface area contributed by atoms with Crippen LogP contribution in [0, 0.1) is 0 Å². The molecule has 3 radical (unpaired) electrons. The second-order valence-electron chi connectivity index (χ2n) is 3.14. The summed E-state index contributed by atoms with van der Waals surface area (Å²) in [6.07, 6.45) is 3.03. The lowest BCUT2D eigenvalue weighted by Crippen LogP contribution is -2.40. The Morgan fingerprint density at radius 3 is 2.08 bits per heavy atom. The SMILES string of the molecule is CC.CC(C)N1CCCCC1=O.[B]. The van der Waals surface area contributed by atoms with Crippen LogP contribution in [-0.2, 0) is 4.79 Å². The van der Waals surface area contributed by atoms with E-state index >= 15 is 0 Å². The summed E-state index contributed by atoms with van der Waals surface area (Å²) < 4.78 is 0. The number of piperidine rings is 1. The maximum Gasteiger partial charge on any atom is 0.222 e. The fourth-order valence-corrected chi connectivity index (χ4v) is 1.37. The highest BCUT2D eigenvalue weighted by Gasteiger charge is 2.19. The van der Waals surface area contributed by atoms with Gasteiger partial charge in [0, 0.05) is 27.4 Å². The summed E-state index contributed by atoms with van der Waals surface area (Å²) in [5.74, 6) is 0.334. The van der Waals surface area contributed by atoms with E-state index in [0.29, 0.717) is 11.9 Å². The molecule has 3 heteroatoms. The number of rotatable bonds is 1. The van der Waals surface area contributed by atoms with Gasteiger partial charge in [-0.1, -0.05) is 13.8 Å². The van der Waals surface area contributed by atoms with Gasteiger partial charge in [0.1, 0.15) is 0 Å². The van der Waals surface area contributed by atoms with Crippen LogP contribution in [0.1, 0.15) is 47.0 Å². The van der Waals surface area contributed by atoms with Crippen molar-refractivity contribution >= 4 is 14.3 Å². The van der Waals surface area contributed by atoms with Crippen LogP contribution in [-0.4, -0.2) is 31.8 Å². The second kappa shape index (κ2) is 8.15. The van der Waals surface area contributed by atoms with Gasteiger partial charge < -0.3 is 4.90 Å². The first-order valence-corrected chi connectivity index (χ1v) is 5.01. The van der Waals surface area contributed by atoms with Crippen LogP contribution in [0.25, 0.3) is 0 Å². The molecule has 0 atom stereocenters. The molecule has 1 saturated heterocycles. The van der Waals surface area contributed by atoms with Crippen molar-refractivity contribution in [1.82, 2.24) is 4.90 Å². The Bertz CT molecular complexity index is 137. The van der Waals surface area contributed by atoms with E-state index in [4.69, 9.17) is 0 Å². The van der Waals surface area contributed by atoms with Gasteiger partial charge in [-0.3, -0.25) is 4.79 Å². The molecule has 1 rings (SSSR count). The van der Waals surface area contributed by atoms with Crippen molar-refractivity contribution in [2.45, 2.75) is 53.0 Å². The summed E-state index contributed by atoms with van der Waals surface area (Å²) in [5.41, 5.74) is 0. The Labute approximate surface area is 84.3 Å². The van der Waals surface area contributed by atoms with Gasteiger partial charge in [-0.15, -0.1) is 0 Å². The van der Waals surface area contributed by atoms with Crippen LogP contribution in [0.3, 0.4) is 0 Å². The molecule has 0 spiro atoms. The van der Waals surface area contributed by atoms with Crippen molar-refractivity contribution in [3.05, 3.63) is 0 Å². The van der Waals surface area contributed by atoms with Crippen molar-refractivity contribution < 1.29 is 4.79 Å². The average molecular weight is 182 g/mol. The summed E-state index contributed by atoms with van der Waals surface area (Å²) >= 11 is 0. The van der Waals surface area contributed by atoms with E-state index < -0.39 is 0 Å². The molecule has 1 heterocycles. The average Bonchev–Trinajstić information content (AvgIpc) is 2.08. The molecule has 1 aliphatic heterocycles. The van der Waals surface area contributed by atoms with Crippen LogP contribution < -0.4 is 0 Å². The van der Waals surface area contributed by atoms with Gasteiger partial charge >= 0.3 is 0 Å². The molecule has 1 aliphatic rings. The number of carbonyl (C=O) groups excluding carboxylic acids is 1. The first-order valence-electron chi connectivity index (χ1n) is 5.01. The predicted molar refractivity (Wildman–Crippen MR) is 57.8 cm³/mol. The van der Waals surface area contributed by atoms with E-state index in [1.165, 1.54) is 6.42 Å². The van der Waals surface area contributed by atoms with Crippen LogP contribution in [0.4, 0.5) is 0 Å². The van der Waals surface area contributed by atoms with Crippen molar-refractivity contribution in [3.8, 4) is 0 Å². The molecule has 0 aliphatic carbocycles. The number of amides is 1. The normalized spacial score (nSPS) is 16.1. The Kier molecular flexibility index (Phi) is 9.42. The third-order valence-electron chi connectivity index (χ3n) is 1.98. The fraction of sp³-hybridized carbons (Fsp3) is 0.900. The maximum absolute atomic E-state index is 11.2. The second-order valence-corrected chi connectivity index (χ2v) is 3.14. The van der Waals surface area contributed by atoms with Crippen LogP contribution in [0.15, 0.2) is 0 Å². The maximum atomic E-state index is 11.2. The highest BCUT2D eigenvalue weighted by molar-refractivity contribution is 5.77. The van der Waals surface area contributed by atoms with Crippen molar-refractivity contribution in [2.75, 3.05) is 6.54 Å². The van der Waals surface area contributed by atoms with E-state index in [1.54, 1.807) is 0 Å². The molecule has 75 valence electrons. The van der Waals surface area contributed by atoms with E-state index in [9.17, 15) is 4.79 Å². The zero-order valence-electron chi connectivity index (χ0n) is 9.34. The summed E-state index contributed by atoms with van der Waals surface area (Å²) in [6, 6.07) is 0.396. The summed E-state index contributed by atoms with van der Waals surface area (Å²) in [4.78, 5) is 13.1. The van der Waals surface area contributed by atoms with Gasteiger partial charge in [0.05, 0.1) is 0 Å². The van der Waals surface area contributed by atoms with Gasteiger partial charge in [0.15, 0.2) is 0 Å². The largest absolute Gasteiger partial charge is 0.340 e. The van der Waals surface area contributed by atoms with Crippen molar-refractivity contribution in [3.63, 3.8) is 0 Å². The summed E-state index contributed by atoms with van der Waals surface area (Å²) in [6.45, 7) is 9.11. The van der Waals surface area contributed by atoms with Gasteiger partial charge in [0.25, 0.3) is 0 Å². The quantitative estimate of drug-likeness (QED) is 0.568. The van der Waals surface area contributed by atoms with Gasteiger partial charge in [-0.2, -0.15) is 0 Å². The van der Waals surface area contributed by atoms with Crippen LogP contribution in [0.2, 0.25) is 0 Å². The molecule has 13 heavy (non-hydrogen) atoms. The van der Waals surface area contributed by atoms with Crippen LogP contribution >= 0.6 is 0 Å². The molecule has 0 bridgehead atoms. The lowest BCUT2D eigenvalue weighted by molar-refractivity contribution is -0.135. The molecule has 2 nitrogen and oxygen atoms in total. The first kappa shape index (κ1) is 15.0. The molecule has 1 amide bonds. The number of hydrogen-bond donors (Lipinski definition) is 0. The number of nitrogens with zero attached hydrogens (tertiary/aromatic N) is 1. The lowest BCUT2D eigenvalue weighted by atomic mass is 10.1. The number of carbonyl (C=O) groups is 1. The van der Waals surface area contributed by atoms with Crippen LogP contribution in [0.5, 0.6) is 0 Å². The van der Waals surface area contributed by atoms with E-state index in [2.05, 4.69) is 13.8 Å². The zero-order chi connectivity index (χ0) is 9.56. The Morgan fingerprint density at radius 1 is 1.23 bits per heavy atom.